The first-order chi connectivity index (χ1) is 11.5. The van der Waals surface area contributed by atoms with Crippen LogP contribution in [0.1, 0.15) is 28.2 Å². The lowest BCUT2D eigenvalue weighted by Crippen LogP contribution is -2.40. The Balaban J connectivity index is 1.59. The van der Waals surface area contributed by atoms with Crippen LogP contribution < -0.4 is 5.32 Å². The smallest absolute Gasteiger partial charge is 0.271 e. The third kappa shape index (κ3) is 3.83. The molecule has 0 radical (unpaired) electrons. The minimum atomic E-state index is -0.340. The Kier molecular flexibility index (Phi) is 4.97. The topological polar surface area (TPSA) is 70.4 Å². The molecular formula is C18H24N4O2. The molecule has 2 N–H and O–H groups in total. The molecule has 1 fully saturated rings. The lowest BCUT2D eigenvalue weighted by atomic mass is 10.1. The molecule has 1 saturated heterocycles. The fourth-order valence-electron chi connectivity index (χ4n) is 3.15. The fourth-order valence-corrected chi connectivity index (χ4v) is 3.15. The third-order valence-electron chi connectivity index (χ3n) is 4.58. The quantitative estimate of drug-likeness (QED) is 0.862. The number of carbonyl (C=O) groups is 1. The number of aliphatic hydroxyl groups is 1. The molecule has 6 nitrogen and oxygen atoms in total. The van der Waals surface area contributed by atoms with Crippen LogP contribution in [-0.4, -0.2) is 50.9 Å². The molecule has 24 heavy (non-hydrogen) atoms. The summed E-state index contributed by atoms with van der Waals surface area (Å²) < 4.78 is 1.69. The van der Waals surface area contributed by atoms with Crippen LogP contribution in [0.2, 0.25) is 0 Å². The molecule has 0 spiro atoms. The fraction of sp³-hybridized carbons (Fsp3) is 0.444. The molecule has 2 heterocycles. The first-order valence-corrected chi connectivity index (χ1v) is 8.28. The van der Waals surface area contributed by atoms with Gasteiger partial charge in [0, 0.05) is 38.4 Å². The zero-order valence-corrected chi connectivity index (χ0v) is 14.1. The minimum absolute atomic E-state index is 0.133. The molecule has 1 amide bonds. The number of nitrogens with one attached hydrogen (secondary N) is 1. The van der Waals surface area contributed by atoms with Crippen molar-refractivity contribution in [3.8, 4) is 0 Å². The summed E-state index contributed by atoms with van der Waals surface area (Å²) >= 11 is 0. The van der Waals surface area contributed by atoms with Gasteiger partial charge in [-0.3, -0.25) is 14.4 Å². The van der Waals surface area contributed by atoms with Crippen LogP contribution in [0.3, 0.4) is 0 Å². The second-order valence-corrected chi connectivity index (χ2v) is 6.46. The molecule has 1 aliphatic heterocycles. The second kappa shape index (κ2) is 7.15. The van der Waals surface area contributed by atoms with Gasteiger partial charge in [-0.2, -0.15) is 5.10 Å². The molecule has 2 aromatic rings. The van der Waals surface area contributed by atoms with Crippen molar-refractivity contribution in [1.29, 1.82) is 0 Å². The number of likely N-dealkylation sites (tertiary alicyclic amines) is 1. The summed E-state index contributed by atoms with van der Waals surface area (Å²) in [4.78, 5) is 14.5. The molecule has 0 bridgehead atoms. The van der Waals surface area contributed by atoms with Gasteiger partial charge in [0.15, 0.2) is 0 Å². The van der Waals surface area contributed by atoms with Crippen molar-refractivity contribution < 1.29 is 9.90 Å². The summed E-state index contributed by atoms with van der Waals surface area (Å²) in [6.45, 7) is 3.84. The Labute approximate surface area is 142 Å². The largest absolute Gasteiger partial charge is 0.392 e. The van der Waals surface area contributed by atoms with Gasteiger partial charge in [0.1, 0.15) is 5.69 Å². The van der Waals surface area contributed by atoms with Gasteiger partial charge in [-0.25, -0.2) is 0 Å². The number of hydrogen-bond donors (Lipinski definition) is 2. The first-order valence-electron chi connectivity index (χ1n) is 8.28. The SMILES string of the molecule is Cc1cc(C(=O)NCC2CC(O)CN2Cc2ccccc2)nn1C. The highest BCUT2D eigenvalue weighted by Gasteiger charge is 2.31. The number of aryl methyl sites for hydroxylation is 2. The van der Waals surface area contributed by atoms with E-state index in [9.17, 15) is 9.90 Å². The average molecular weight is 328 g/mol. The van der Waals surface area contributed by atoms with Gasteiger partial charge < -0.3 is 10.4 Å². The maximum absolute atomic E-state index is 12.2. The maximum atomic E-state index is 12.2. The van der Waals surface area contributed by atoms with Crippen molar-refractivity contribution in [2.45, 2.75) is 32.0 Å². The molecular weight excluding hydrogens is 304 g/mol. The summed E-state index contributed by atoms with van der Waals surface area (Å²) in [5, 5.41) is 17.1. The number of carbonyl (C=O) groups excluding carboxylic acids is 1. The molecule has 1 aromatic carbocycles. The zero-order valence-electron chi connectivity index (χ0n) is 14.1. The van der Waals surface area contributed by atoms with E-state index in [1.165, 1.54) is 5.56 Å². The summed E-state index contributed by atoms with van der Waals surface area (Å²) in [6, 6.07) is 12.1. The number of aliphatic hydroxyl groups excluding tert-OH is 1. The molecule has 1 aliphatic rings. The minimum Gasteiger partial charge on any atom is -0.392 e. The molecule has 6 heteroatoms. The van der Waals surface area contributed by atoms with Crippen molar-refractivity contribution in [3.63, 3.8) is 0 Å². The molecule has 1 aromatic heterocycles. The van der Waals surface area contributed by atoms with Crippen LogP contribution in [0, 0.1) is 6.92 Å². The van der Waals surface area contributed by atoms with Gasteiger partial charge in [-0.15, -0.1) is 0 Å². The molecule has 2 atom stereocenters. The van der Waals surface area contributed by atoms with Crippen molar-refractivity contribution in [2.75, 3.05) is 13.1 Å². The predicted molar refractivity (Wildman–Crippen MR) is 91.5 cm³/mol. The normalized spacial score (nSPS) is 21.1. The van der Waals surface area contributed by atoms with E-state index in [4.69, 9.17) is 0 Å². The van der Waals surface area contributed by atoms with E-state index in [1.807, 2.05) is 32.2 Å². The van der Waals surface area contributed by atoms with Gasteiger partial charge >= 0.3 is 0 Å². The lowest BCUT2D eigenvalue weighted by molar-refractivity contribution is 0.0934. The monoisotopic (exact) mass is 328 g/mol. The van der Waals surface area contributed by atoms with E-state index < -0.39 is 0 Å². The summed E-state index contributed by atoms with van der Waals surface area (Å²) in [5.74, 6) is -0.167. The van der Waals surface area contributed by atoms with Crippen molar-refractivity contribution in [2.24, 2.45) is 7.05 Å². The maximum Gasteiger partial charge on any atom is 0.271 e. The highest BCUT2D eigenvalue weighted by molar-refractivity contribution is 5.92. The standard InChI is InChI=1S/C18H24N4O2/c1-13-8-17(20-21(13)2)18(24)19-10-15-9-16(23)12-22(15)11-14-6-4-3-5-7-14/h3-8,15-16,23H,9-12H2,1-2H3,(H,19,24). The van der Waals surface area contributed by atoms with Crippen LogP contribution in [0.4, 0.5) is 0 Å². The number of β-amino-alcohol motifs (C(OH)–C–C–N with tert-alkyl or cyclic N) is 1. The molecule has 128 valence electrons. The third-order valence-corrected chi connectivity index (χ3v) is 4.58. The van der Waals surface area contributed by atoms with Crippen LogP contribution in [0.25, 0.3) is 0 Å². The Morgan fingerprint density at radius 3 is 2.79 bits per heavy atom. The Morgan fingerprint density at radius 1 is 1.38 bits per heavy atom. The number of hydrogen-bond acceptors (Lipinski definition) is 4. The van der Waals surface area contributed by atoms with Crippen LogP contribution in [-0.2, 0) is 13.6 Å². The van der Waals surface area contributed by atoms with E-state index in [-0.39, 0.29) is 18.1 Å². The van der Waals surface area contributed by atoms with Crippen LogP contribution in [0.5, 0.6) is 0 Å². The van der Waals surface area contributed by atoms with E-state index in [1.54, 1.807) is 10.7 Å². The number of amides is 1. The molecule has 0 saturated carbocycles. The van der Waals surface area contributed by atoms with E-state index >= 15 is 0 Å². The Bertz CT molecular complexity index is 679. The highest BCUT2D eigenvalue weighted by Crippen LogP contribution is 2.20. The predicted octanol–water partition coefficient (Wildman–Crippen LogP) is 1.09. The zero-order chi connectivity index (χ0) is 17.1. The van der Waals surface area contributed by atoms with Crippen molar-refractivity contribution in [1.82, 2.24) is 20.0 Å². The van der Waals surface area contributed by atoms with Gasteiger partial charge in [-0.05, 0) is 25.0 Å². The van der Waals surface area contributed by atoms with Crippen molar-refractivity contribution >= 4 is 5.91 Å². The van der Waals surface area contributed by atoms with E-state index in [2.05, 4.69) is 27.4 Å². The van der Waals surface area contributed by atoms with E-state index in [0.717, 1.165) is 12.2 Å². The Morgan fingerprint density at radius 2 is 2.12 bits per heavy atom. The average Bonchev–Trinajstić information content (AvgIpc) is 3.08. The van der Waals surface area contributed by atoms with Crippen LogP contribution >= 0.6 is 0 Å². The Hall–Kier alpha value is -2.18. The number of rotatable bonds is 5. The lowest BCUT2D eigenvalue weighted by Gasteiger charge is -2.24. The van der Waals surface area contributed by atoms with E-state index in [0.29, 0.717) is 25.2 Å². The summed E-state index contributed by atoms with van der Waals surface area (Å²) in [5.41, 5.74) is 2.59. The summed E-state index contributed by atoms with van der Waals surface area (Å²) in [6.07, 6.45) is 0.335. The van der Waals surface area contributed by atoms with Gasteiger partial charge in [0.2, 0.25) is 0 Å². The summed E-state index contributed by atoms with van der Waals surface area (Å²) in [7, 11) is 1.82. The molecule has 3 rings (SSSR count). The first kappa shape index (κ1) is 16.7. The van der Waals surface area contributed by atoms with Crippen LogP contribution in [0.15, 0.2) is 36.4 Å². The van der Waals surface area contributed by atoms with Crippen molar-refractivity contribution in [3.05, 3.63) is 53.3 Å². The second-order valence-electron chi connectivity index (χ2n) is 6.46. The number of benzene rings is 1. The highest BCUT2D eigenvalue weighted by atomic mass is 16.3. The molecule has 2 unspecified atom stereocenters. The van der Waals surface area contributed by atoms with Gasteiger partial charge in [0.25, 0.3) is 5.91 Å². The number of aromatic nitrogens is 2. The molecule has 0 aliphatic carbocycles. The van der Waals surface area contributed by atoms with Gasteiger partial charge in [-0.1, -0.05) is 30.3 Å². The van der Waals surface area contributed by atoms with Gasteiger partial charge in [0.05, 0.1) is 6.10 Å². The number of nitrogens with zero attached hydrogens (tertiary/aromatic N) is 3.